The Morgan fingerprint density at radius 2 is 1.93 bits per heavy atom. The molecular weight excluding hydrogens is 407 g/mol. The smallest absolute Gasteiger partial charge is 0.406 e. The molecule has 1 unspecified atom stereocenters. The van der Waals surface area contributed by atoms with Crippen LogP contribution in [0.1, 0.15) is 38.9 Å². The second-order valence-electron chi connectivity index (χ2n) is 7.67. The zero-order valence-electron chi connectivity index (χ0n) is 16.0. The highest BCUT2D eigenvalue weighted by Crippen LogP contribution is 2.34. The van der Waals surface area contributed by atoms with Crippen molar-refractivity contribution in [3.8, 4) is 5.75 Å². The molecule has 6 nitrogen and oxygen atoms in total. The third-order valence-corrected chi connectivity index (χ3v) is 5.35. The summed E-state index contributed by atoms with van der Waals surface area (Å²) in [5, 5.41) is 3.22. The van der Waals surface area contributed by atoms with Gasteiger partial charge in [-0.05, 0) is 24.3 Å². The maximum Gasteiger partial charge on any atom is 0.573 e. The third-order valence-electron chi connectivity index (χ3n) is 4.25. The number of ether oxygens (including phenoxy) is 1. The molecule has 0 fully saturated rings. The SMILES string of the molecule is CC(C)(C)c1cc(=O)n2c(n1)SCC2CC(=O)Nc1ccc(OC(F)(F)F)cc1. The van der Waals surface area contributed by atoms with Gasteiger partial charge in [0.2, 0.25) is 5.91 Å². The monoisotopic (exact) mass is 427 g/mol. The van der Waals surface area contributed by atoms with Crippen molar-refractivity contribution in [2.45, 2.75) is 50.2 Å². The lowest BCUT2D eigenvalue weighted by molar-refractivity contribution is -0.274. The lowest BCUT2D eigenvalue weighted by Crippen LogP contribution is -2.29. The molecule has 3 rings (SSSR count). The summed E-state index contributed by atoms with van der Waals surface area (Å²) in [5.41, 5.74) is 0.583. The Morgan fingerprint density at radius 3 is 2.52 bits per heavy atom. The fraction of sp³-hybridized carbons (Fsp3) is 0.421. The quantitative estimate of drug-likeness (QED) is 0.744. The normalized spacial score (nSPS) is 16.4. The number of nitrogens with one attached hydrogen (secondary N) is 1. The van der Waals surface area contributed by atoms with Crippen LogP contribution in [0.2, 0.25) is 0 Å². The van der Waals surface area contributed by atoms with E-state index in [2.05, 4.69) is 15.0 Å². The predicted molar refractivity (Wildman–Crippen MR) is 103 cm³/mol. The van der Waals surface area contributed by atoms with Crippen LogP contribution < -0.4 is 15.6 Å². The Labute approximate surface area is 169 Å². The topological polar surface area (TPSA) is 73.2 Å². The van der Waals surface area contributed by atoms with Crippen molar-refractivity contribution in [2.24, 2.45) is 0 Å². The molecular formula is C19H20F3N3O3S. The van der Waals surface area contributed by atoms with Crippen molar-refractivity contribution in [1.29, 1.82) is 0 Å². The van der Waals surface area contributed by atoms with Crippen LogP contribution in [-0.4, -0.2) is 27.6 Å². The number of anilines is 1. The van der Waals surface area contributed by atoms with E-state index in [4.69, 9.17) is 0 Å². The molecule has 0 saturated heterocycles. The summed E-state index contributed by atoms with van der Waals surface area (Å²) >= 11 is 1.42. The highest BCUT2D eigenvalue weighted by Gasteiger charge is 2.31. The van der Waals surface area contributed by atoms with Crippen LogP contribution >= 0.6 is 11.8 Å². The molecule has 10 heteroatoms. The number of thioether (sulfide) groups is 1. The van der Waals surface area contributed by atoms with Gasteiger partial charge in [0.1, 0.15) is 5.75 Å². The first-order chi connectivity index (χ1) is 13.4. The molecule has 0 aliphatic carbocycles. The van der Waals surface area contributed by atoms with E-state index < -0.39 is 6.36 Å². The van der Waals surface area contributed by atoms with Crippen molar-refractivity contribution < 1.29 is 22.7 Å². The molecule has 1 aliphatic rings. The molecule has 1 aromatic heterocycles. The number of fused-ring (bicyclic) bond motifs is 1. The van der Waals surface area contributed by atoms with Crippen molar-refractivity contribution in [2.75, 3.05) is 11.1 Å². The summed E-state index contributed by atoms with van der Waals surface area (Å²) < 4.78 is 41.9. The van der Waals surface area contributed by atoms with Crippen LogP contribution in [0.25, 0.3) is 0 Å². The van der Waals surface area contributed by atoms with Gasteiger partial charge in [-0.25, -0.2) is 4.98 Å². The highest BCUT2D eigenvalue weighted by molar-refractivity contribution is 7.99. The number of nitrogens with zero attached hydrogens (tertiary/aromatic N) is 2. The van der Waals surface area contributed by atoms with Gasteiger partial charge in [-0.2, -0.15) is 0 Å². The number of carbonyl (C=O) groups excluding carboxylic acids is 1. The number of hydrogen-bond donors (Lipinski definition) is 1. The third kappa shape index (κ3) is 5.31. The molecule has 1 N–H and O–H groups in total. The summed E-state index contributed by atoms with van der Waals surface area (Å²) in [6, 6.07) is 6.04. The summed E-state index contributed by atoms with van der Waals surface area (Å²) in [6.45, 7) is 5.92. The highest BCUT2D eigenvalue weighted by atomic mass is 32.2. The van der Waals surface area contributed by atoms with Crippen LogP contribution in [0.4, 0.5) is 18.9 Å². The minimum absolute atomic E-state index is 0.0528. The van der Waals surface area contributed by atoms with Crippen molar-refractivity contribution in [3.05, 3.63) is 46.4 Å². The minimum atomic E-state index is -4.77. The van der Waals surface area contributed by atoms with E-state index in [1.54, 1.807) is 0 Å². The van der Waals surface area contributed by atoms with Gasteiger partial charge in [0.15, 0.2) is 5.16 Å². The van der Waals surface area contributed by atoms with Crippen LogP contribution in [0.15, 0.2) is 40.3 Å². The van der Waals surface area contributed by atoms with Crippen LogP contribution in [0, 0.1) is 0 Å². The van der Waals surface area contributed by atoms with E-state index in [0.29, 0.717) is 22.3 Å². The van der Waals surface area contributed by atoms with E-state index in [-0.39, 0.29) is 35.1 Å². The number of halogens is 3. The van der Waals surface area contributed by atoms with Crippen LogP contribution in [-0.2, 0) is 10.2 Å². The van der Waals surface area contributed by atoms with E-state index in [1.165, 1.54) is 34.5 Å². The first kappa shape index (κ1) is 21.2. The number of rotatable bonds is 4. The summed E-state index contributed by atoms with van der Waals surface area (Å²) in [4.78, 5) is 29.5. The summed E-state index contributed by atoms with van der Waals surface area (Å²) in [6.07, 6.45) is -4.72. The van der Waals surface area contributed by atoms with E-state index in [9.17, 15) is 22.8 Å². The number of amides is 1. The van der Waals surface area contributed by atoms with Crippen molar-refractivity contribution >= 4 is 23.4 Å². The molecule has 29 heavy (non-hydrogen) atoms. The molecule has 0 radical (unpaired) electrons. The van der Waals surface area contributed by atoms with Gasteiger partial charge in [0, 0.05) is 29.3 Å². The second-order valence-corrected chi connectivity index (χ2v) is 8.66. The predicted octanol–water partition coefficient (Wildman–Crippen LogP) is 4.12. The minimum Gasteiger partial charge on any atom is -0.406 e. The van der Waals surface area contributed by atoms with Gasteiger partial charge < -0.3 is 10.1 Å². The average Bonchev–Trinajstić information content (AvgIpc) is 2.98. The molecule has 2 heterocycles. The Balaban J connectivity index is 1.67. The van der Waals surface area contributed by atoms with Gasteiger partial charge in [0.25, 0.3) is 5.56 Å². The summed E-state index contributed by atoms with van der Waals surface area (Å²) in [5.74, 6) is -0.176. The molecule has 0 spiro atoms. The standard InChI is InChI=1S/C19H20F3N3O3S/c1-18(2,3)14-9-16(27)25-12(10-29-17(25)24-14)8-15(26)23-11-4-6-13(7-5-11)28-19(20,21)22/h4-7,9,12H,8,10H2,1-3H3,(H,23,26). The Hall–Kier alpha value is -2.49. The first-order valence-electron chi connectivity index (χ1n) is 8.85. The van der Waals surface area contributed by atoms with Gasteiger partial charge in [0.05, 0.1) is 11.7 Å². The Morgan fingerprint density at radius 1 is 1.28 bits per heavy atom. The van der Waals surface area contributed by atoms with Crippen LogP contribution in [0.3, 0.4) is 0 Å². The average molecular weight is 427 g/mol. The second kappa shape index (κ2) is 7.74. The number of hydrogen-bond acceptors (Lipinski definition) is 5. The Kier molecular flexibility index (Phi) is 5.66. The molecule has 0 bridgehead atoms. The molecule has 1 amide bonds. The fourth-order valence-corrected chi connectivity index (χ4v) is 4.00. The number of benzene rings is 1. The van der Waals surface area contributed by atoms with Crippen molar-refractivity contribution in [3.63, 3.8) is 0 Å². The molecule has 156 valence electrons. The van der Waals surface area contributed by atoms with E-state index in [1.807, 2.05) is 20.8 Å². The van der Waals surface area contributed by atoms with Crippen LogP contribution in [0.5, 0.6) is 5.75 Å². The maximum absolute atomic E-state index is 12.6. The van der Waals surface area contributed by atoms with E-state index >= 15 is 0 Å². The zero-order chi connectivity index (χ0) is 21.4. The van der Waals surface area contributed by atoms with Gasteiger partial charge in [-0.1, -0.05) is 32.5 Å². The lowest BCUT2D eigenvalue weighted by atomic mass is 9.92. The maximum atomic E-state index is 12.6. The zero-order valence-corrected chi connectivity index (χ0v) is 16.9. The van der Waals surface area contributed by atoms with Gasteiger partial charge in [-0.3, -0.25) is 14.2 Å². The molecule has 1 aromatic carbocycles. The van der Waals surface area contributed by atoms with Gasteiger partial charge >= 0.3 is 6.36 Å². The summed E-state index contributed by atoms with van der Waals surface area (Å²) in [7, 11) is 0. The largest absolute Gasteiger partial charge is 0.573 e. The van der Waals surface area contributed by atoms with E-state index in [0.717, 1.165) is 12.1 Å². The molecule has 1 aliphatic heterocycles. The Bertz CT molecular complexity index is 966. The lowest BCUT2D eigenvalue weighted by Gasteiger charge is -2.19. The molecule has 1 atom stereocenters. The molecule has 2 aromatic rings. The van der Waals surface area contributed by atoms with Crippen molar-refractivity contribution in [1.82, 2.24) is 9.55 Å². The fourth-order valence-electron chi connectivity index (χ4n) is 2.85. The number of carbonyl (C=O) groups is 1. The number of alkyl halides is 3. The molecule has 0 saturated carbocycles. The number of aromatic nitrogens is 2. The van der Waals surface area contributed by atoms with Gasteiger partial charge in [-0.15, -0.1) is 13.2 Å². The first-order valence-corrected chi connectivity index (χ1v) is 9.83.